The number of hydrogen-bond donors (Lipinski definition) is 1. The first-order valence-corrected chi connectivity index (χ1v) is 7.33. The zero-order valence-corrected chi connectivity index (χ0v) is 12.0. The minimum atomic E-state index is -0.121. The van der Waals surface area contributed by atoms with Gasteiger partial charge >= 0.3 is 0 Å². The quantitative estimate of drug-likeness (QED) is 0.847. The van der Waals surface area contributed by atoms with E-state index in [0.717, 1.165) is 18.4 Å². The molecule has 0 saturated heterocycles. The Morgan fingerprint density at radius 3 is 2.63 bits per heavy atom. The summed E-state index contributed by atoms with van der Waals surface area (Å²) in [5.41, 5.74) is 7.06. The van der Waals surface area contributed by atoms with Crippen LogP contribution in [-0.4, -0.2) is 24.0 Å². The van der Waals surface area contributed by atoms with Gasteiger partial charge in [-0.25, -0.2) is 4.39 Å². The van der Waals surface area contributed by atoms with Gasteiger partial charge in [-0.1, -0.05) is 37.5 Å². The molecule has 1 aliphatic carbocycles. The van der Waals surface area contributed by atoms with Gasteiger partial charge in [-0.15, -0.1) is 0 Å². The topological polar surface area (TPSA) is 29.3 Å². The lowest BCUT2D eigenvalue weighted by atomic mass is 9.98. The molecule has 2 rings (SSSR count). The second kappa shape index (κ2) is 6.49. The minimum absolute atomic E-state index is 0.0651. The first-order valence-electron chi connectivity index (χ1n) is 7.33. The summed E-state index contributed by atoms with van der Waals surface area (Å²) in [6, 6.07) is 7.68. The van der Waals surface area contributed by atoms with Crippen LogP contribution in [0.1, 0.15) is 50.6 Å². The van der Waals surface area contributed by atoms with Gasteiger partial charge in [-0.05, 0) is 32.9 Å². The molecule has 1 aromatic carbocycles. The molecule has 106 valence electrons. The molecule has 1 fully saturated rings. The Kier molecular flexibility index (Phi) is 4.94. The molecule has 0 amide bonds. The van der Waals surface area contributed by atoms with Crippen molar-refractivity contribution < 1.29 is 4.39 Å². The van der Waals surface area contributed by atoms with Crippen LogP contribution in [0.2, 0.25) is 0 Å². The van der Waals surface area contributed by atoms with Crippen LogP contribution in [0.15, 0.2) is 24.3 Å². The molecule has 0 bridgehead atoms. The number of halogens is 1. The third-order valence-corrected chi connectivity index (χ3v) is 4.52. The van der Waals surface area contributed by atoms with Crippen LogP contribution >= 0.6 is 0 Å². The van der Waals surface area contributed by atoms with Gasteiger partial charge in [0.05, 0.1) is 0 Å². The predicted octanol–water partition coefficient (Wildman–Crippen LogP) is 3.48. The highest BCUT2D eigenvalue weighted by atomic mass is 19.1. The lowest BCUT2D eigenvalue weighted by Crippen LogP contribution is -2.46. The number of rotatable bonds is 3. The summed E-state index contributed by atoms with van der Waals surface area (Å²) in [7, 11) is 2.08. The molecule has 0 spiro atoms. The van der Waals surface area contributed by atoms with Crippen molar-refractivity contribution in [3.63, 3.8) is 0 Å². The first kappa shape index (κ1) is 14.5. The summed E-state index contributed by atoms with van der Waals surface area (Å²) in [4.78, 5) is 2.26. The summed E-state index contributed by atoms with van der Waals surface area (Å²) in [6.45, 7) is 2.07. The second-order valence-corrected chi connectivity index (χ2v) is 5.73. The SMILES string of the molecule is CC(c1ccccc1F)N(C)C1CCCCCC1N. The van der Waals surface area contributed by atoms with Crippen molar-refractivity contribution in [2.24, 2.45) is 5.73 Å². The average molecular weight is 264 g/mol. The van der Waals surface area contributed by atoms with E-state index in [2.05, 4.69) is 18.9 Å². The molecule has 19 heavy (non-hydrogen) atoms. The van der Waals surface area contributed by atoms with Gasteiger partial charge in [0.2, 0.25) is 0 Å². The number of nitrogens with two attached hydrogens (primary N) is 1. The molecule has 1 aliphatic rings. The third kappa shape index (κ3) is 3.34. The summed E-state index contributed by atoms with van der Waals surface area (Å²) < 4.78 is 13.9. The first-order chi connectivity index (χ1) is 9.11. The van der Waals surface area contributed by atoms with Crippen LogP contribution < -0.4 is 5.73 Å². The monoisotopic (exact) mass is 264 g/mol. The smallest absolute Gasteiger partial charge is 0.127 e. The van der Waals surface area contributed by atoms with E-state index in [-0.39, 0.29) is 17.9 Å². The standard InChI is InChI=1S/C16H25FN2/c1-12(13-8-6-7-9-14(13)17)19(2)16-11-5-3-4-10-15(16)18/h6-9,12,15-16H,3-5,10-11,18H2,1-2H3. The van der Waals surface area contributed by atoms with Crippen LogP contribution in [0.5, 0.6) is 0 Å². The molecule has 1 aromatic rings. The van der Waals surface area contributed by atoms with Crippen molar-refractivity contribution in [3.8, 4) is 0 Å². The van der Waals surface area contributed by atoms with E-state index < -0.39 is 0 Å². The Morgan fingerprint density at radius 1 is 1.21 bits per heavy atom. The molecule has 1 saturated carbocycles. The largest absolute Gasteiger partial charge is 0.326 e. The Bertz CT molecular complexity index is 407. The molecule has 3 atom stereocenters. The lowest BCUT2D eigenvalue weighted by Gasteiger charge is -2.36. The molecular formula is C16H25FN2. The Labute approximate surface area is 115 Å². The van der Waals surface area contributed by atoms with E-state index in [1.807, 2.05) is 12.1 Å². The highest BCUT2D eigenvalue weighted by Gasteiger charge is 2.28. The third-order valence-electron chi connectivity index (χ3n) is 4.52. The molecular weight excluding hydrogens is 239 g/mol. The van der Waals surface area contributed by atoms with Crippen molar-refractivity contribution in [3.05, 3.63) is 35.6 Å². The van der Waals surface area contributed by atoms with Crippen molar-refractivity contribution in [2.45, 2.75) is 57.2 Å². The normalized spacial score (nSPS) is 26.2. The fourth-order valence-electron chi connectivity index (χ4n) is 3.14. The summed E-state index contributed by atoms with van der Waals surface area (Å²) in [6.07, 6.45) is 5.92. The molecule has 3 unspecified atom stereocenters. The van der Waals surface area contributed by atoms with Crippen molar-refractivity contribution in [1.82, 2.24) is 4.90 Å². The van der Waals surface area contributed by atoms with Gasteiger partial charge in [0.1, 0.15) is 5.82 Å². The van der Waals surface area contributed by atoms with Crippen LogP contribution in [0.25, 0.3) is 0 Å². The molecule has 0 heterocycles. The maximum absolute atomic E-state index is 13.9. The average Bonchev–Trinajstić information content (AvgIpc) is 2.62. The van der Waals surface area contributed by atoms with E-state index >= 15 is 0 Å². The number of nitrogens with zero attached hydrogens (tertiary/aromatic N) is 1. The fraction of sp³-hybridized carbons (Fsp3) is 0.625. The maximum atomic E-state index is 13.9. The van der Waals surface area contributed by atoms with Gasteiger partial charge < -0.3 is 5.73 Å². The molecule has 0 aliphatic heterocycles. The van der Waals surface area contributed by atoms with Gasteiger partial charge in [-0.3, -0.25) is 4.90 Å². The maximum Gasteiger partial charge on any atom is 0.127 e. The highest BCUT2D eigenvalue weighted by molar-refractivity contribution is 5.21. The van der Waals surface area contributed by atoms with E-state index in [1.54, 1.807) is 6.07 Å². The summed E-state index contributed by atoms with van der Waals surface area (Å²) in [5.74, 6) is -0.121. The number of likely N-dealkylation sites (N-methyl/N-ethyl adjacent to an activating group) is 1. The molecule has 2 nitrogen and oxygen atoms in total. The Hall–Kier alpha value is -0.930. The van der Waals surface area contributed by atoms with Gasteiger partial charge in [-0.2, -0.15) is 0 Å². The van der Waals surface area contributed by atoms with E-state index in [0.29, 0.717) is 6.04 Å². The Balaban J connectivity index is 2.13. The van der Waals surface area contributed by atoms with Crippen LogP contribution in [0, 0.1) is 5.82 Å². The Morgan fingerprint density at radius 2 is 1.89 bits per heavy atom. The number of benzene rings is 1. The van der Waals surface area contributed by atoms with Crippen LogP contribution in [0.3, 0.4) is 0 Å². The van der Waals surface area contributed by atoms with Gasteiger partial charge in [0.15, 0.2) is 0 Å². The zero-order valence-electron chi connectivity index (χ0n) is 12.0. The number of hydrogen-bond acceptors (Lipinski definition) is 2. The molecule has 3 heteroatoms. The van der Waals surface area contributed by atoms with Crippen LogP contribution in [-0.2, 0) is 0 Å². The highest BCUT2D eigenvalue weighted by Crippen LogP contribution is 2.28. The molecule has 0 radical (unpaired) electrons. The molecule has 0 aromatic heterocycles. The van der Waals surface area contributed by atoms with E-state index in [4.69, 9.17) is 5.73 Å². The minimum Gasteiger partial charge on any atom is -0.326 e. The van der Waals surface area contributed by atoms with Crippen molar-refractivity contribution in [1.29, 1.82) is 0 Å². The molecule has 2 N–H and O–H groups in total. The predicted molar refractivity (Wildman–Crippen MR) is 77.4 cm³/mol. The second-order valence-electron chi connectivity index (χ2n) is 5.73. The van der Waals surface area contributed by atoms with Crippen molar-refractivity contribution >= 4 is 0 Å². The lowest BCUT2D eigenvalue weighted by molar-refractivity contribution is 0.150. The van der Waals surface area contributed by atoms with E-state index in [9.17, 15) is 4.39 Å². The van der Waals surface area contributed by atoms with E-state index in [1.165, 1.54) is 25.3 Å². The summed E-state index contributed by atoms with van der Waals surface area (Å²) >= 11 is 0. The fourth-order valence-corrected chi connectivity index (χ4v) is 3.14. The van der Waals surface area contributed by atoms with Crippen molar-refractivity contribution in [2.75, 3.05) is 7.05 Å². The van der Waals surface area contributed by atoms with Crippen LogP contribution in [0.4, 0.5) is 4.39 Å². The van der Waals surface area contributed by atoms with Gasteiger partial charge in [0.25, 0.3) is 0 Å². The zero-order chi connectivity index (χ0) is 13.8. The summed E-state index contributed by atoms with van der Waals surface area (Å²) in [5, 5.41) is 0. The van der Waals surface area contributed by atoms with Gasteiger partial charge in [0, 0.05) is 23.7 Å².